The summed E-state index contributed by atoms with van der Waals surface area (Å²) in [5, 5.41) is 7.88. The molecule has 1 amide bonds. The van der Waals surface area contributed by atoms with Gasteiger partial charge in [0.1, 0.15) is 0 Å². The molecule has 2 saturated heterocycles. The SMILES string of the molecule is CC(=O)c1c(C)nn(CCC(=O)N2CCC(C3CCNCC3)CC2)c1C.Cl. The Balaban J connectivity index is 0.00000261. The Hall–Kier alpha value is -1.40. The van der Waals surface area contributed by atoms with Crippen LogP contribution in [0.2, 0.25) is 0 Å². The van der Waals surface area contributed by atoms with Gasteiger partial charge in [-0.15, -0.1) is 12.4 Å². The van der Waals surface area contributed by atoms with Gasteiger partial charge in [-0.25, -0.2) is 0 Å². The fourth-order valence-corrected chi connectivity index (χ4v) is 4.72. The smallest absolute Gasteiger partial charge is 0.224 e. The average Bonchev–Trinajstić information content (AvgIpc) is 2.94. The number of Topliss-reactive ketones (excluding diaryl/α,β-unsaturated/α-hetero) is 1. The maximum atomic E-state index is 12.6. The molecule has 2 aliphatic rings. The number of hydrogen-bond donors (Lipinski definition) is 1. The topological polar surface area (TPSA) is 67.2 Å². The van der Waals surface area contributed by atoms with Crippen LogP contribution in [0.3, 0.4) is 0 Å². The molecule has 1 aromatic rings. The maximum absolute atomic E-state index is 12.6. The predicted molar refractivity (Wildman–Crippen MR) is 108 cm³/mol. The van der Waals surface area contributed by atoms with Crippen LogP contribution >= 0.6 is 12.4 Å². The first kappa shape index (κ1) is 21.9. The number of piperidine rings is 2. The van der Waals surface area contributed by atoms with Crippen molar-refractivity contribution in [3.8, 4) is 0 Å². The predicted octanol–water partition coefficient (Wildman–Crippen LogP) is 2.75. The van der Waals surface area contributed by atoms with Crippen LogP contribution < -0.4 is 5.32 Å². The highest BCUT2D eigenvalue weighted by molar-refractivity contribution is 5.96. The second-order valence-corrected chi connectivity index (χ2v) is 7.88. The Labute approximate surface area is 168 Å². The van der Waals surface area contributed by atoms with Crippen molar-refractivity contribution >= 4 is 24.1 Å². The van der Waals surface area contributed by atoms with Crippen molar-refractivity contribution in [3.05, 3.63) is 17.0 Å². The van der Waals surface area contributed by atoms with Gasteiger partial charge in [-0.05, 0) is 71.4 Å². The molecule has 27 heavy (non-hydrogen) atoms. The number of likely N-dealkylation sites (tertiary alicyclic amines) is 1. The lowest BCUT2D eigenvalue weighted by Crippen LogP contribution is -2.42. The molecule has 3 rings (SSSR count). The van der Waals surface area contributed by atoms with Crippen molar-refractivity contribution in [2.75, 3.05) is 26.2 Å². The second kappa shape index (κ2) is 9.69. The number of carbonyl (C=O) groups is 2. The molecule has 0 aromatic carbocycles. The van der Waals surface area contributed by atoms with Crippen LogP contribution in [0, 0.1) is 25.7 Å². The number of halogens is 1. The van der Waals surface area contributed by atoms with E-state index in [4.69, 9.17) is 0 Å². The van der Waals surface area contributed by atoms with Gasteiger partial charge in [0.05, 0.1) is 11.3 Å². The Morgan fingerprint density at radius 3 is 2.22 bits per heavy atom. The fraction of sp³-hybridized carbons (Fsp3) is 0.750. The zero-order valence-electron chi connectivity index (χ0n) is 16.8. The van der Waals surface area contributed by atoms with Gasteiger partial charge in [-0.2, -0.15) is 5.10 Å². The first-order valence-corrected chi connectivity index (χ1v) is 10.0. The Morgan fingerprint density at radius 1 is 1.07 bits per heavy atom. The molecule has 0 atom stereocenters. The van der Waals surface area contributed by atoms with Gasteiger partial charge in [0, 0.05) is 31.7 Å². The summed E-state index contributed by atoms with van der Waals surface area (Å²) < 4.78 is 1.81. The van der Waals surface area contributed by atoms with Crippen LogP contribution in [0.15, 0.2) is 0 Å². The highest BCUT2D eigenvalue weighted by atomic mass is 35.5. The lowest BCUT2D eigenvalue weighted by atomic mass is 9.79. The summed E-state index contributed by atoms with van der Waals surface area (Å²) in [6.07, 6.45) is 5.32. The van der Waals surface area contributed by atoms with Crippen molar-refractivity contribution < 1.29 is 9.59 Å². The molecular formula is C20H33ClN4O2. The average molecular weight is 397 g/mol. The first-order chi connectivity index (χ1) is 12.5. The van der Waals surface area contributed by atoms with Crippen LogP contribution in [0.25, 0.3) is 0 Å². The van der Waals surface area contributed by atoms with Gasteiger partial charge >= 0.3 is 0 Å². The summed E-state index contributed by atoms with van der Waals surface area (Å²) in [5.74, 6) is 1.88. The number of nitrogens with zero attached hydrogens (tertiary/aromatic N) is 3. The van der Waals surface area contributed by atoms with Crippen LogP contribution in [0.4, 0.5) is 0 Å². The quantitative estimate of drug-likeness (QED) is 0.777. The molecule has 0 aliphatic carbocycles. The van der Waals surface area contributed by atoms with E-state index in [2.05, 4.69) is 10.4 Å². The Morgan fingerprint density at radius 2 is 1.67 bits per heavy atom. The molecule has 7 heteroatoms. The van der Waals surface area contributed by atoms with Crippen molar-refractivity contribution in [2.24, 2.45) is 11.8 Å². The van der Waals surface area contributed by atoms with E-state index in [1.54, 1.807) is 6.92 Å². The fourth-order valence-electron chi connectivity index (χ4n) is 4.72. The van der Waals surface area contributed by atoms with Gasteiger partial charge in [-0.1, -0.05) is 0 Å². The molecule has 1 N–H and O–H groups in total. The zero-order valence-corrected chi connectivity index (χ0v) is 17.6. The normalized spacial score (nSPS) is 19.0. The van der Waals surface area contributed by atoms with Gasteiger partial charge in [-0.3, -0.25) is 14.3 Å². The van der Waals surface area contributed by atoms with Crippen LogP contribution in [-0.4, -0.2) is 52.5 Å². The lowest BCUT2D eigenvalue weighted by Gasteiger charge is -2.37. The molecule has 0 saturated carbocycles. The summed E-state index contributed by atoms with van der Waals surface area (Å²) in [5.41, 5.74) is 2.32. The highest BCUT2D eigenvalue weighted by Crippen LogP contribution is 2.30. The minimum absolute atomic E-state index is 0. The summed E-state index contributed by atoms with van der Waals surface area (Å²) in [6.45, 7) is 9.96. The Bertz CT molecular complexity index is 659. The second-order valence-electron chi connectivity index (χ2n) is 7.88. The number of aryl methyl sites for hydroxylation is 2. The standard InChI is InChI=1S/C20H32N4O2.ClH/c1-14-20(16(3)25)15(2)24(22-14)13-8-19(26)23-11-6-18(7-12-23)17-4-9-21-10-5-17;/h17-18,21H,4-13H2,1-3H3;1H. The molecule has 2 aliphatic heterocycles. The van der Waals surface area contributed by atoms with E-state index in [1.165, 1.54) is 12.8 Å². The molecule has 2 fully saturated rings. The molecule has 0 bridgehead atoms. The number of rotatable bonds is 5. The van der Waals surface area contributed by atoms with E-state index in [-0.39, 0.29) is 24.1 Å². The summed E-state index contributed by atoms with van der Waals surface area (Å²) in [7, 11) is 0. The molecule has 152 valence electrons. The minimum atomic E-state index is 0. The van der Waals surface area contributed by atoms with Gasteiger partial charge in [0.25, 0.3) is 0 Å². The van der Waals surface area contributed by atoms with E-state index >= 15 is 0 Å². The van der Waals surface area contributed by atoms with Crippen molar-refractivity contribution in [2.45, 2.75) is 59.4 Å². The van der Waals surface area contributed by atoms with E-state index in [1.807, 2.05) is 23.4 Å². The molecule has 3 heterocycles. The summed E-state index contributed by atoms with van der Waals surface area (Å²) in [6, 6.07) is 0. The van der Waals surface area contributed by atoms with Crippen LogP contribution in [0.5, 0.6) is 0 Å². The third-order valence-corrected chi connectivity index (χ3v) is 6.21. The number of hydrogen-bond acceptors (Lipinski definition) is 4. The highest BCUT2D eigenvalue weighted by Gasteiger charge is 2.29. The Kier molecular flexibility index (Phi) is 7.86. The van der Waals surface area contributed by atoms with E-state index in [0.29, 0.717) is 18.5 Å². The molecule has 0 radical (unpaired) electrons. The maximum Gasteiger partial charge on any atom is 0.224 e. The van der Waals surface area contributed by atoms with E-state index in [0.717, 1.165) is 62.2 Å². The molecule has 1 aromatic heterocycles. The molecule has 6 nitrogen and oxygen atoms in total. The van der Waals surface area contributed by atoms with Crippen molar-refractivity contribution in [1.82, 2.24) is 20.0 Å². The number of carbonyl (C=O) groups excluding carboxylic acids is 2. The number of nitrogens with one attached hydrogen (secondary N) is 1. The van der Waals surface area contributed by atoms with Crippen LogP contribution in [0.1, 0.15) is 60.8 Å². The number of ketones is 1. The van der Waals surface area contributed by atoms with Crippen LogP contribution in [-0.2, 0) is 11.3 Å². The third-order valence-electron chi connectivity index (χ3n) is 6.21. The number of amides is 1. The molecule has 0 unspecified atom stereocenters. The zero-order chi connectivity index (χ0) is 18.7. The molecular weight excluding hydrogens is 364 g/mol. The van der Waals surface area contributed by atoms with E-state index < -0.39 is 0 Å². The summed E-state index contributed by atoms with van der Waals surface area (Å²) in [4.78, 5) is 26.3. The van der Waals surface area contributed by atoms with Gasteiger partial charge in [0.15, 0.2) is 5.78 Å². The largest absolute Gasteiger partial charge is 0.343 e. The van der Waals surface area contributed by atoms with Crippen molar-refractivity contribution in [1.29, 1.82) is 0 Å². The third kappa shape index (κ3) is 5.11. The van der Waals surface area contributed by atoms with E-state index in [9.17, 15) is 9.59 Å². The lowest BCUT2D eigenvalue weighted by molar-refractivity contribution is -0.133. The minimum Gasteiger partial charge on any atom is -0.343 e. The monoisotopic (exact) mass is 396 g/mol. The first-order valence-electron chi connectivity index (χ1n) is 10.0. The van der Waals surface area contributed by atoms with Gasteiger partial charge < -0.3 is 10.2 Å². The summed E-state index contributed by atoms with van der Waals surface area (Å²) >= 11 is 0. The number of aromatic nitrogens is 2. The molecule has 0 spiro atoms. The van der Waals surface area contributed by atoms with Gasteiger partial charge in [0.2, 0.25) is 5.91 Å². The van der Waals surface area contributed by atoms with Crippen molar-refractivity contribution in [3.63, 3.8) is 0 Å².